The molecular formula is C22H21N3O6. The van der Waals surface area contributed by atoms with Crippen molar-refractivity contribution in [2.45, 2.75) is 6.54 Å². The van der Waals surface area contributed by atoms with Crippen LogP contribution in [0.4, 0.5) is 0 Å². The Labute approximate surface area is 178 Å². The summed E-state index contributed by atoms with van der Waals surface area (Å²) in [6, 6.07) is 15.6. The molecule has 0 spiro atoms. The van der Waals surface area contributed by atoms with E-state index in [9.17, 15) is 14.4 Å². The van der Waals surface area contributed by atoms with Gasteiger partial charge in [-0.2, -0.15) is 0 Å². The van der Waals surface area contributed by atoms with E-state index in [1.807, 2.05) is 30.3 Å². The molecule has 160 valence electrons. The average molecular weight is 423 g/mol. The first kappa shape index (κ1) is 21.6. The number of ether oxygens (including phenoxy) is 2. The third-order valence-electron chi connectivity index (χ3n) is 4.37. The average Bonchev–Trinajstić information content (AvgIpc) is 3.31. The predicted molar refractivity (Wildman–Crippen MR) is 110 cm³/mol. The smallest absolute Gasteiger partial charge is 0.341 e. The van der Waals surface area contributed by atoms with Gasteiger partial charge in [-0.05, 0) is 17.7 Å². The van der Waals surface area contributed by atoms with Crippen LogP contribution in [0.2, 0.25) is 0 Å². The third-order valence-corrected chi connectivity index (χ3v) is 4.37. The van der Waals surface area contributed by atoms with Crippen LogP contribution in [-0.4, -0.2) is 43.7 Å². The van der Waals surface area contributed by atoms with E-state index in [1.54, 1.807) is 18.2 Å². The number of amides is 2. The number of aromatic nitrogens is 1. The van der Waals surface area contributed by atoms with Crippen LogP contribution in [0.5, 0.6) is 5.75 Å². The lowest BCUT2D eigenvalue weighted by molar-refractivity contribution is -0.120. The van der Waals surface area contributed by atoms with Crippen molar-refractivity contribution in [3.8, 4) is 17.1 Å². The minimum absolute atomic E-state index is 0.0736. The van der Waals surface area contributed by atoms with E-state index >= 15 is 0 Å². The zero-order valence-electron chi connectivity index (χ0n) is 17.0. The first-order valence-electron chi connectivity index (χ1n) is 9.34. The van der Waals surface area contributed by atoms with Gasteiger partial charge in [-0.15, -0.1) is 0 Å². The van der Waals surface area contributed by atoms with Crippen molar-refractivity contribution in [3.05, 3.63) is 71.4 Å². The first-order chi connectivity index (χ1) is 15.0. The number of carbonyl (C=O) groups excluding carboxylic acids is 3. The number of carbonyl (C=O) groups is 3. The van der Waals surface area contributed by atoms with Gasteiger partial charge in [-0.1, -0.05) is 41.6 Å². The summed E-state index contributed by atoms with van der Waals surface area (Å²) in [5, 5.41) is 8.90. The van der Waals surface area contributed by atoms with E-state index < -0.39 is 17.8 Å². The molecule has 1 aromatic heterocycles. The maximum absolute atomic E-state index is 12.2. The molecule has 0 fully saturated rings. The van der Waals surface area contributed by atoms with Gasteiger partial charge in [0.2, 0.25) is 5.91 Å². The van der Waals surface area contributed by atoms with Crippen molar-refractivity contribution in [2.75, 3.05) is 20.8 Å². The Kier molecular flexibility index (Phi) is 7.00. The molecule has 0 saturated carbocycles. The van der Waals surface area contributed by atoms with E-state index in [4.69, 9.17) is 14.0 Å². The Morgan fingerprint density at radius 1 is 1.00 bits per heavy atom. The molecule has 0 saturated heterocycles. The molecule has 0 atom stereocenters. The van der Waals surface area contributed by atoms with E-state index in [1.165, 1.54) is 20.3 Å². The fourth-order valence-corrected chi connectivity index (χ4v) is 2.77. The highest BCUT2D eigenvalue weighted by Gasteiger charge is 2.16. The summed E-state index contributed by atoms with van der Waals surface area (Å²) in [4.78, 5) is 36.1. The number of rotatable bonds is 8. The molecule has 0 aliphatic rings. The Hall–Kier alpha value is -4.14. The van der Waals surface area contributed by atoms with E-state index in [2.05, 4.69) is 15.8 Å². The predicted octanol–water partition coefficient (Wildman–Crippen LogP) is 2.18. The summed E-state index contributed by atoms with van der Waals surface area (Å²) in [5.74, 6) is -0.651. The molecule has 3 rings (SSSR count). The van der Waals surface area contributed by atoms with Gasteiger partial charge < -0.3 is 24.6 Å². The van der Waals surface area contributed by atoms with E-state index in [0.29, 0.717) is 17.1 Å². The molecule has 2 aromatic carbocycles. The summed E-state index contributed by atoms with van der Waals surface area (Å²) in [7, 11) is 2.72. The van der Waals surface area contributed by atoms with Gasteiger partial charge in [-0.25, -0.2) is 4.79 Å². The minimum Gasteiger partial charge on any atom is -0.496 e. The molecule has 9 heteroatoms. The number of nitrogens with one attached hydrogen (secondary N) is 2. The van der Waals surface area contributed by atoms with Crippen molar-refractivity contribution >= 4 is 17.8 Å². The molecule has 0 aliphatic carbocycles. The lowest BCUT2D eigenvalue weighted by Gasteiger charge is -2.10. The maximum Gasteiger partial charge on any atom is 0.341 e. The molecule has 1 heterocycles. The molecule has 0 bridgehead atoms. The summed E-state index contributed by atoms with van der Waals surface area (Å²) >= 11 is 0. The molecule has 3 aromatic rings. The Bertz CT molecular complexity index is 1080. The largest absolute Gasteiger partial charge is 0.496 e. The van der Waals surface area contributed by atoms with Gasteiger partial charge in [0.15, 0.2) is 11.5 Å². The fourth-order valence-electron chi connectivity index (χ4n) is 2.77. The number of benzene rings is 2. The SMILES string of the molecule is COC(=O)c1cc(CNC(=O)CNC(=O)c2cc(-c3ccccc3)on2)ccc1OC. The number of methoxy groups -OCH3 is 2. The molecule has 2 amide bonds. The molecule has 0 aliphatic heterocycles. The van der Waals surface area contributed by atoms with Gasteiger partial charge in [0.25, 0.3) is 5.91 Å². The van der Waals surface area contributed by atoms with E-state index in [-0.39, 0.29) is 24.3 Å². The second-order valence-corrected chi connectivity index (χ2v) is 6.43. The van der Waals surface area contributed by atoms with Crippen molar-refractivity contribution < 1.29 is 28.4 Å². The van der Waals surface area contributed by atoms with Crippen LogP contribution in [0.15, 0.2) is 59.1 Å². The first-order valence-corrected chi connectivity index (χ1v) is 9.34. The topological polar surface area (TPSA) is 120 Å². The number of hydrogen-bond donors (Lipinski definition) is 2. The summed E-state index contributed by atoms with van der Waals surface area (Å²) in [5.41, 5.74) is 1.79. The van der Waals surface area contributed by atoms with Crippen LogP contribution >= 0.6 is 0 Å². The monoisotopic (exact) mass is 423 g/mol. The summed E-state index contributed by atoms with van der Waals surface area (Å²) in [6.07, 6.45) is 0. The zero-order valence-corrected chi connectivity index (χ0v) is 17.0. The van der Waals surface area contributed by atoms with Gasteiger partial charge >= 0.3 is 5.97 Å². The second-order valence-electron chi connectivity index (χ2n) is 6.43. The minimum atomic E-state index is -0.542. The lowest BCUT2D eigenvalue weighted by atomic mass is 10.1. The van der Waals surface area contributed by atoms with Crippen LogP contribution in [0.25, 0.3) is 11.3 Å². The van der Waals surface area contributed by atoms with Crippen LogP contribution < -0.4 is 15.4 Å². The standard InChI is InChI=1S/C22H21N3O6/c1-29-18-9-8-14(10-16(18)22(28)30-2)12-23-20(26)13-24-21(27)17-11-19(31-25-17)15-6-4-3-5-7-15/h3-11H,12-13H2,1-2H3,(H,23,26)(H,24,27). The highest BCUT2D eigenvalue weighted by Crippen LogP contribution is 2.21. The van der Waals surface area contributed by atoms with Gasteiger partial charge in [0, 0.05) is 18.2 Å². The summed E-state index contributed by atoms with van der Waals surface area (Å²) < 4.78 is 15.0. The molecular weight excluding hydrogens is 402 g/mol. The molecule has 31 heavy (non-hydrogen) atoms. The van der Waals surface area contributed by atoms with Crippen LogP contribution in [0.1, 0.15) is 26.4 Å². The maximum atomic E-state index is 12.2. The van der Waals surface area contributed by atoms with Crippen molar-refractivity contribution in [1.29, 1.82) is 0 Å². The van der Waals surface area contributed by atoms with Crippen LogP contribution in [0, 0.1) is 0 Å². The van der Waals surface area contributed by atoms with Gasteiger partial charge in [0.05, 0.1) is 20.8 Å². The molecule has 0 radical (unpaired) electrons. The number of esters is 1. The van der Waals surface area contributed by atoms with Crippen molar-refractivity contribution in [2.24, 2.45) is 0 Å². The quantitative estimate of drug-likeness (QED) is 0.533. The van der Waals surface area contributed by atoms with Crippen LogP contribution in [0.3, 0.4) is 0 Å². The van der Waals surface area contributed by atoms with Gasteiger partial charge in [0.1, 0.15) is 11.3 Å². The summed E-state index contributed by atoms with van der Waals surface area (Å²) in [6.45, 7) is -0.0861. The molecule has 0 unspecified atom stereocenters. The Balaban J connectivity index is 1.52. The highest BCUT2D eigenvalue weighted by atomic mass is 16.5. The lowest BCUT2D eigenvalue weighted by Crippen LogP contribution is -2.36. The van der Waals surface area contributed by atoms with Crippen LogP contribution in [-0.2, 0) is 16.1 Å². The van der Waals surface area contributed by atoms with E-state index in [0.717, 1.165) is 5.56 Å². The number of nitrogens with zero attached hydrogens (tertiary/aromatic N) is 1. The third kappa shape index (κ3) is 5.47. The Morgan fingerprint density at radius 3 is 2.48 bits per heavy atom. The second kappa shape index (κ2) is 10.1. The van der Waals surface area contributed by atoms with Crippen molar-refractivity contribution in [1.82, 2.24) is 15.8 Å². The Morgan fingerprint density at radius 2 is 1.77 bits per heavy atom. The zero-order chi connectivity index (χ0) is 22.2. The van der Waals surface area contributed by atoms with Gasteiger partial charge in [-0.3, -0.25) is 9.59 Å². The normalized spacial score (nSPS) is 10.3. The van der Waals surface area contributed by atoms with Crippen molar-refractivity contribution in [3.63, 3.8) is 0 Å². The highest BCUT2D eigenvalue weighted by molar-refractivity contribution is 5.95. The molecule has 2 N–H and O–H groups in total. The number of hydrogen-bond acceptors (Lipinski definition) is 7. The fraction of sp³-hybridized carbons (Fsp3) is 0.182. The molecule has 9 nitrogen and oxygen atoms in total.